The Labute approximate surface area is 306 Å². The molecule has 0 unspecified atom stereocenters. The summed E-state index contributed by atoms with van der Waals surface area (Å²) in [7, 11) is 0. The summed E-state index contributed by atoms with van der Waals surface area (Å²) < 4.78 is 7.38. The maximum Gasteiger partial charge on any atom is 0.247 e. The number of benzene rings is 6. The molecule has 0 aliphatic heterocycles. The van der Waals surface area contributed by atoms with Crippen LogP contribution in [0.5, 0.6) is 0 Å². The molecule has 0 aliphatic rings. The topological polar surface area (TPSA) is 13.1 Å². The second-order valence-electron chi connectivity index (χ2n) is 15.7. The van der Waals surface area contributed by atoms with Crippen molar-refractivity contribution in [1.29, 1.82) is 0 Å². The van der Waals surface area contributed by atoms with E-state index in [0.717, 1.165) is 11.2 Å². The van der Waals surface area contributed by atoms with Crippen LogP contribution >= 0.6 is 0 Å². The summed E-state index contributed by atoms with van der Waals surface area (Å²) in [6, 6.07) is 32.4. The average molecular weight is 665 g/mol. The van der Waals surface area contributed by atoms with Gasteiger partial charge in [0.25, 0.3) is 0 Å². The van der Waals surface area contributed by atoms with E-state index in [-0.39, 0.29) is 13.4 Å². The van der Waals surface area contributed by atoms with Crippen LogP contribution in [0.4, 0.5) is 0 Å². The Kier molecular flexibility index (Phi) is 8.91. The minimum absolute atomic E-state index is 0.0258. The van der Waals surface area contributed by atoms with Crippen LogP contribution in [-0.2, 0) is 0 Å². The van der Waals surface area contributed by atoms with Gasteiger partial charge in [-0.2, -0.15) is 0 Å². The van der Waals surface area contributed by atoms with Crippen molar-refractivity contribution >= 4 is 68.1 Å². The highest BCUT2D eigenvalue weighted by Crippen LogP contribution is 2.28. The standard InChI is InChI=1S/C48H50B2O/c1-27-19-31(5)43(32(6)20-27)49(44-33(7)21-28(2)22-34(44)8)41-17-13-15-39-40-16-14-18-42(48(40)51-47(39)41)50(45-35(9)23-29(3)24-36(45)10)46-37(11)25-30(4)26-38(46)12/h13-26H,1-12H3. The minimum atomic E-state index is 0.0258. The molecule has 7 aromatic rings. The molecule has 51 heavy (non-hydrogen) atoms. The van der Waals surface area contributed by atoms with Crippen LogP contribution in [0.1, 0.15) is 66.8 Å². The number of hydrogen-bond acceptors (Lipinski definition) is 1. The van der Waals surface area contributed by atoms with Gasteiger partial charge >= 0.3 is 0 Å². The second kappa shape index (κ2) is 13.1. The van der Waals surface area contributed by atoms with Gasteiger partial charge in [-0.1, -0.05) is 174 Å². The maximum atomic E-state index is 7.38. The molecule has 0 spiro atoms. The SMILES string of the molecule is Cc1cc(C)c(B(c2c(C)cc(C)cc2C)c2cccc3c2oc2c(B(c4c(C)cc(C)cc4C)c4c(C)cc(C)cc4C)cccc23)c(C)c1. The fraction of sp³-hybridized carbons (Fsp3) is 0.250. The molecular formula is C48H50B2O. The molecule has 1 aromatic heterocycles. The summed E-state index contributed by atoms with van der Waals surface area (Å²) in [6.07, 6.45) is 0. The lowest BCUT2D eigenvalue weighted by Gasteiger charge is -2.25. The third-order valence-corrected chi connectivity index (χ3v) is 11.3. The van der Waals surface area contributed by atoms with Crippen molar-refractivity contribution in [1.82, 2.24) is 0 Å². The third-order valence-electron chi connectivity index (χ3n) is 11.3. The smallest absolute Gasteiger partial charge is 0.247 e. The summed E-state index contributed by atoms with van der Waals surface area (Å²) in [5.74, 6) is 0. The van der Waals surface area contributed by atoms with Gasteiger partial charge in [0.2, 0.25) is 13.4 Å². The van der Waals surface area contributed by atoms with Crippen molar-refractivity contribution in [3.05, 3.63) is 152 Å². The summed E-state index contributed by atoms with van der Waals surface area (Å²) in [5.41, 5.74) is 25.7. The van der Waals surface area contributed by atoms with Crippen molar-refractivity contribution in [3.8, 4) is 0 Å². The average Bonchev–Trinajstić information content (AvgIpc) is 3.41. The summed E-state index contributed by atoms with van der Waals surface area (Å²) in [6.45, 7) is 27.1. The van der Waals surface area contributed by atoms with Gasteiger partial charge in [0.05, 0.1) is 0 Å². The molecule has 0 saturated heterocycles. The Bertz CT molecular complexity index is 2130. The predicted molar refractivity (Wildman–Crippen MR) is 226 cm³/mol. The largest absolute Gasteiger partial charge is 0.457 e. The number of furan rings is 1. The van der Waals surface area contributed by atoms with Crippen LogP contribution in [0.3, 0.4) is 0 Å². The number of para-hydroxylation sites is 2. The van der Waals surface area contributed by atoms with E-state index in [1.807, 2.05) is 0 Å². The first-order valence-electron chi connectivity index (χ1n) is 18.5. The van der Waals surface area contributed by atoms with Crippen LogP contribution < -0.4 is 32.8 Å². The molecule has 6 aromatic carbocycles. The molecule has 1 nitrogen and oxygen atoms in total. The van der Waals surface area contributed by atoms with E-state index in [1.165, 1.54) is 110 Å². The minimum Gasteiger partial charge on any atom is -0.457 e. The molecule has 0 bridgehead atoms. The van der Waals surface area contributed by atoms with Gasteiger partial charge < -0.3 is 4.42 Å². The summed E-state index contributed by atoms with van der Waals surface area (Å²) in [4.78, 5) is 0. The first-order chi connectivity index (χ1) is 24.2. The fourth-order valence-electron chi connectivity index (χ4n) is 9.82. The van der Waals surface area contributed by atoms with E-state index in [0.29, 0.717) is 0 Å². The zero-order valence-electron chi connectivity index (χ0n) is 32.6. The molecule has 0 radical (unpaired) electrons. The van der Waals surface area contributed by atoms with E-state index in [2.05, 4.69) is 168 Å². The van der Waals surface area contributed by atoms with Gasteiger partial charge in [0.15, 0.2) is 0 Å². The number of hydrogen-bond donors (Lipinski definition) is 0. The highest BCUT2D eigenvalue weighted by atomic mass is 16.3. The molecule has 0 N–H and O–H groups in total. The molecule has 0 atom stereocenters. The highest BCUT2D eigenvalue weighted by Gasteiger charge is 2.34. The Balaban J connectivity index is 1.58. The first-order valence-corrected chi connectivity index (χ1v) is 18.5. The van der Waals surface area contributed by atoms with E-state index in [9.17, 15) is 0 Å². The van der Waals surface area contributed by atoms with Crippen molar-refractivity contribution in [3.63, 3.8) is 0 Å². The number of fused-ring (bicyclic) bond motifs is 3. The molecule has 0 amide bonds. The highest BCUT2D eigenvalue weighted by molar-refractivity contribution is 6.98. The van der Waals surface area contributed by atoms with Crippen LogP contribution in [0, 0.1) is 83.1 Å². The monoisotopic (exact) mass is 664 g/mol. The van der Waals surface area contributed by atoms with Gasteiger partial charge in [0, 0.05) is 10.8 Å². The van der Waals surface area contributed by atoms with E-state index < -0.39 is 0 Å². The predicted octanol–water partition coefficient (Wildman–Crippen LogP) is 8.32. The quantitative estimate of drug-likeness (QED) is 0.163. The van der Waals surface area contributed by atoms with Gasteiger partial charge in [-0.3, -0.25) is 0 Å². The molecule has 0 saturated carbocycles. The summed E-state index contributed by atoms with van der Waals surface area (Å²) in [5, 5.41) is 2.35. The first kappa shape index (κ1) is 34.7. The molecular weight excluding hydrogens is 614 g/mol. The van der Waals surface area contributed by atoms with Crippen molar-refractivity contribution < 1.29 is 4.42 Å². The molecule has 0 aliphatic carbocycles. The van der Waals surface area contributed by atoms with Gasteiger partial charge in [-0.15, -0.1) is 0 Å². The Morgan fingerprint density at radius 1 is 0.333 bits per heavy atom. The Morgan fingerprint density at radius 3 is 0.804 bits per heavy atom. The Hall–Kier alpha value is -4.75. The number of aryl methyl sites for hydroxylation is 12. The molecule has 254 valence electrons. The van der Waals surface area contributed by atoms with Crippen molar-refractivity contribution in [2.45, 2.75) is 83.1 Å². The van der Waals surface area contributed by atoms with Gasteiger partial charge in [0.1, 0.15) is 11.2 Å². The van der Waals surface area contributed by atoms with Crippen LogP contribution in [0.2, 0.25) is 0 Å². The van der Waals surface area contributed by atoms with Crippen molar-refractivity contribution in [2.75, 3.05) is 0 Å². The lowest BCUT2D eigenvalue weighted by atomic mass is 9.34. The molecule has 7 rings (SSSR count). The van der Waals surface area contributed by atoms with Crippen LogP contribution in [0.15, 0.2) is 89.3 Å². The normalized spacial score (nSPS) is 11.5. The second-order valence-corrected chi connectivity index (χ2v) is 15.7. The zero-order valence-corrected chi connectivity index (χ0v) is 32.6. The van der Waals surface area contributed by atoms with Crippen LogP contribution in [-0.4, -0.2) is 13.4 Å². The Morgan fingerprint density at radius 2 is 0.569 bits per heavy atom. The van der Waals surface area contributed by atoms with Crippen molar-refractivity contribution in [2.24, 2.45) is 0 Å². The molecule has 1 heterocycles. The lowest BCUT2D eigenvalue weighted by Crippen LogP contribution is -2.56. The van der Waals surface area contributed by atoms with Gasteiger partial charge in [-0.05, 0) is 94.0 Å². The van der Waals surface area contributed by atoms with Crippen LogP contribution in [0.25, 0.3) is 21.9 Å². The van der Waals surface area contributed by atoms with E-state index in [4.69, 9.17) is 4.42 Å². The zero-order chi connectivity index (χ0) is 36.5. The maximum absolute atomic E-state index is 7.38. The van der Waals surface area contributed by atoms with E-state index >= 15 is 0 Å². The molecule has 3 heteroatoms. The van der Waals surface area contributed by atoms with E-state index in [1.54, 1.807) is 0 Å². The number of rotatable bonds is 6. The molecule has 0 fully saturated rings. The van der Waals surface area contributed by atoms with Gasteiger partial charge in [-0.25, -0.2) is 0 Å². The summed E-state index contributed by atoms with van der Waals surface area (Å²) >= 11 is 0. The third kappa shape index (κ3) is 5.95. The lowest BCUT2D eigenvalue weighted by molar-refractivity contribution is 0.674. The fourth-order valence-corrected chi connectivity index (χ4v) is 9.82.